The molecule has 4 heteroatoms. The summed E-state index contributed by atoms with van der Waals surface area (Å²) >= 11 is 0. The Bertz CT molecular complexity index is 216. The van der Waals surface area contributed by atoms with Gasteiger partial charge in [-0.25, -0.2) is 5.06 Å². The summed E-state index contributed by atoms with van der Waals surface area (Å²) in [5.74, 6) is 0.309. The van der Waals surface area contributed by atoms with Crippen LogP contribution in [0.3, 0.4) is 0 Å². The molecule has 0 aromatic heterocycles. The number of rotatable bonds is 7. The largest absolute Gasteiger partial charge is 0.300 e. The maximum atomic E-state index is 11.3. The van der Waals surface area contributed by atoms with Crippen LogP contribution in [0, 0.1) is 5.92 Å². The van der Waals surface area contributed by atoms with E-state index in [2.05, 4.69) is 0 Å². The van der Waals surface area contributed by atoms with Gasteiger partial charge in [-0.15, -0.1) is 0 Å². The van der Waals surface area contributed by atoms with Crippen molar-refractivity contribution < 1.29 is 14.4 Å². The van der Waals surface area contributed by atoms with Gasteiger partial charge in [0.05, 0.1) is 7.11 Å². The van der Waals surface area contributed by atoms with Gasteiger partial charge in [0.25, 0.3) is 0 Å². The van der Waals surface area contributed by atoms with Gasteiger partial charge >= 0.3 is 0 Å². The fourth-order valence-electron chi connectivity index (χ4n) is 1.19. The van der Waals surface area contributed by atoms with Crippen molar-refractivity contribution in [2.75, 3.05) is 14.2 Å². The summed E-state index contributed by atoms with van der Waals surface area (Å²) in [6, 6.07) is 0. The van der Waals surface area contributed by atoms with Crippen LogP contribution >= 0.6 is 0 Å². The molecule has 0 aliphatic carbocycles. The summed E-state index contributed by atoms with van der Waals surface area (Å²) in [4.78, 5) is 27.0. The van der Waals surface area contributed by atoms with E-state index < -0.39 is 0 Å². The van der Waals surface area contributed by atoms with Crippen molar-refractivity contribution in [2.45, 2.75) is 39.5 Å². The topological polar surface area (TPSA) is 46.6 Å². The first-order valence-corrected chi connectivity index (χ1v) is 5.30. The first-order chi connectivity index (χ1) is 6.99. The van der Waals surface area contributed by atoms with Crippen LogP contribution < -0.4 is 0 Å². The lowest BCUT2D eigenvalue weighted by Crippen LogP contribution is -2.24. The van der Waals surface area contributed by atoms with Crippen molar-refractivity contribution in [1.29, 1.82) is 0 Å². The molecule has 4 nitrogen and oxygen atoms in total. The maximum absolute atomic E-state index is 11.3. The average molecular weight is 215 g/mol. The van der Waals surface area contributed by atoms with E-state index in [0.29, 0.717) is 6.42 Å². The summed E-state index contributed by atoms with van der Waals surface area (Å²) in [5.41, 5.74) is 0. The van der Waals surface area contributed by atoms with Gasteiger partial charge in [0, 0.05) is 19.4 Å². The molecule has 0 N–H and O–H groups in total. The Kier molecular flexibility index (Phi) is 6.96. The molecule has 0 spiro atoms. The van der Waals surface area contributed by atoms with Crippen molar-refractivity contribution >= 4 is 11.7 Å². The van der Waals surface area contributed by atoms with E-state index in [0.717, 1.165) is 19.3 Å². The quantitative estimate of drug-likeness (QED) is 0.480. The summed E-state index contributed by atoms with van der Waals surface area (Å²) in [7, 11) is 3.07. The predicted molar refractivity (Wildman–Crippen MR) is 58.1 cm³/mol. The number of carbonyl (C=O) groups is 2. The van der Waals surface area contributed by atoms with Crippen molar-refractivity contribution in [1.82, 2.24) is 5.06 Å². The SMILES string of the molecule is CON(C)C(=O)CCCC[C@H](C)C(C)=O. The van der Waals surface area contributed by atoms with Gasteiger partial charge in [-0.05, 0) is 19.8 Å². The fourth-order valence-corrected chi connectivity index (χ4v) is 1.19. The number of unbranched alkanes of at least 4 members (excludes halogenated alkanes) is 1. The first-order valence-electron chi connectivity index (χ1n) is 5.30. The van der Waals surface area contributed by atoms with Crippen LogP contribution in [-0.2, 0) is 14.4 Å². The lowest BCUT2D eigenvalue weighted by molar-refractivity contribution is -0.168. The molecule has 0 rings (SSSR count). The van der Waals surface area contributed by atoms with Crippen LogP contribution in [-0.4, -0.2) is 30.9 Å². The summed E-state index contributed by atoms with van der Waals surface area (Å²) in [6.07, 6.45) is 3.06. The number of hydrogen-bond acceptors (Lipinski definition) is 3. The van der Waals surface area contributed by atoms with Crippen LogP contribution in [0.4, 0.5) is 0 Å². The maximum Gasteiger partial charge on any atom is 0.245 e. The number of nitrogens with zero attached hydrogens (tertiary/aromatic N) is 1. The molecule has 0 aliphatic rings. The lowest BCUT2D eigenvalue weighted by atomic mass is 10.00. The standard InChI is InChI=1S/C11H21NO3/c1-9(10(2)13)7-5-6-8-11(14)12(3)15-4/h9H,5-8H2,1-4H3/t9-/m0/s1. The second-order valence-corrected chi connectivity index (χ2v) is 3.83. The minimum absolute atomic E-state index is 0.0204. The molecule has 88 valence electrons. The molecule has 0 saturated heterocycles. The monoisotopic (exact) mass is 215 g/mol. The molecular formula is C11H21NO3. The van der Waals surface area contributed by atoms with E-state index in [1.165, 1.54) is 12.2 Å². The van der Waals surface area contributed by atoms with Crippen molar-refractivity contribution in [3.05, 3.63) is 0 Å². The molecule has 0 heterocycles. The van der Waals surface area contributed by atoms with Crippen LogP contribution in [0.1, 0.15) is 39.5 Å². The zero-order valence-corrected chi connectivity index (χ0v) is 10.1. The van der Waals surface area contributed by atoms with Crippen molar-refractivity contribution in [3.63, 3.8) is 0 Å². The van der Waals surface area contributed by atoms with Gasteiger partial charge in [0.2, 0.25) is 5.91 Å². The number of amides is 1. The summed E-state index contributed by atoms with van der Waals surface area (Å²) in [5, 5.41) is 1.23. The van der Waals surface area contributed by atoms with Gasteiger partial charge in [0.15, 0.2) is 0 Å². The van der Waals surface area contributed by atoms with E-state index in [-0.39, 0.29) is 17.6 Å². The molecule has 0 fully saturated rings. The second-order valence-electron chi connectivity index (χ2n) is 3.83. The Labute approximate surface area is 91.5 Å². The minimum atomic E-state index is -0.0204. The van der Waals surface area contributed by atoms with Gasteiger partial charge in [-0.3, -0.25) is 14.4 Å². The number of hydroxylamine groups is 2. The fraction of sp³-hybridized carbons (Fsp3) is 0.818. The van der Waals surface area contributed by atoms with E-state index in [1.54, 1.807) is 14.0 Å². The zero-order chi connectivity index (χ0) is 11.8. The highest BCUT2D eigenvalue weighted by Gasteiger charge is 2.09. The normalized spacial score (nSPS) is 12.3. The highest BCUT2D eigenvalue weighted by Crippen LogP contribution is 2.10. The molecule has 0 bridgehead atoms. The lowest BCUT2D eigenvalue weighted by Gasteiger charge is -2.13. The van der Waals surface area contributed by atoms with E-state index >= 15 is 0 Å². The Morgan fingerprint density at radius 3 is 2.40 bits per heavy atom. The van der Waals surface area contributed by atoms with Gasteiger partial charge in [-0.1, -0.05) is 13.3 Å². The highest BCUT2D eigenvalue weighted by atomic mass is 16.7. The number of carbonyl (C=O) groups excluding carboxylic acids is 2. The second kappa shape index (κ2) is 7.40. The average Bonchev–Trinajstić information content (AvgIpc) is 2.22. The molecule has 1 atom stereocenters. The molecule has 0 unspecified atom stereocenters. The van der Waals surface area contributed by atoms with Crippen LogP contribution in [0.15, 0.2) is 0 Å². The smallest absolute Gasteiger partial charge is 0.245 e. The zero-order valence-electron chi connectivity index (χ0n) is 10.1. The molecule has 0 radical (unpaired) electrons. The minimum Gasteiger partial charge on any atom is -0.300 e. The van der Waals surface area contributed by atoms with Gasteiger partial charge in [-0.2, -0.15) is 0 Å². The van der Waals surface area contributed by atoms with E-state index in [9.17, 15) is 9.59 Å². The Morgan fingerprint density at radius 2 is 1.93 bits per heavy atom. The van der Waals surface area contributed by atoms with Gasteiger partial charge in [0.1, 0.15) is 5.78 Å². The van der Waals surface area contributed by atoms with Crippen molar-refractivity contribution in [2.24, 2.45) is 5.92 Å². The summed E-state index contributed by atoms with van der Waals surface area (Å²) in [6.45, 7) is 3.53. The molecule has 0 aliphatic heterocycles. The highest BCUT2D eigenvalue weighted by molar-refractivity contribution is 5.77. The molecule has 15 heavy (non-hydrogen) atoms. The Hall–Kier alpha value is -0.900. The van der Waals surface area contributed by atoms with Crippen LogP contribution in [0.25, 0.3) is 0 Å². The Morgan fingerprint density at radius 1 is 1.33 bits per heavy atom. The van der Waals surface area contributed by atoms with Gasteiger partial charge < -0.3 is 0 Å². The summed E-state index contributed by atoms with van der Waals surface area (Å²) < 4.78 is 0. The van der Waals surface area contributed by atoms with E-state index in [4.69, 9.17) is 4.84 Å². The van der Waals surface area contributed by atoms with E-state index in [1.807, 2.05) is 6.92 Å². The molecule has 0 saturated carbocycles. The third-order valence-corrected chi connectivity index (χ3v) is 2.60. The van der Waals surface area contributed by atoms with Crippen LogP contribution in [0.5, 0.6) is 0 Å². The molecule has 1 amide bonds. The number of Topliss-reactive ketones (excluding diaryl/α,β-unsaturated/α-hetero) is 1. The molecule has 0 aromatic rings. The molecule has 0 aromatic carbocycles. The number of ketones is 1. The third kappa shape index (κ3) is 6.23. The molecular weight excluding hydrogens is 194 g/mol. The first kappa shape index (κ1) is 14.1. The van der Waals surface area contributed by atoms with Crippen molar-refractivity contribution in [3.8, 4) is 0 Å². The van der Waals surface area contributed by atoms with Crippen LogP contribution in [0.2, 0.25) is 0 Å². The Balaban J connectivity index is 3.54. The predicted octanol–water partition coefficient (Wildman–Crippen LogP) is 1.79. The number of hydrogen-bond donors (Lipinski definition) is 0. The third-order valence-electron chi connectivity index (χ3n) is 2.60.